The molecule has 49 heavy (non-hydrogen) atoms. The van der Waals surface area contributed by atoms with E-state index in [1.54, 1.807) is 30.3 Å². The first kappa shape index (κ1) is 35.9. The van der Waals surface area contributed by atoms with Gasteiger partial charge in [0.15, 0.2) is 0 Å². The third kappa shape index (κ3) is 10.1. The number of hydrogen-bond acceptors (Lipinski definition) is 5. The molecule has 262 valence electrons. The molecule has 2 saturated carbocycles. The van der Waals surface area contributed by atoms with E-state index in [9.17, 15) is 22.8 Å². The Morgan fingerprint density at radius 3 is 2.12 bits per heavy atom. The lowest BCUT2D eigenvalue weighted by Gasteiger charge is -2.40. The first-order valence-corrected chi connectivity index (χ1v) is 19.0. The molecule has 4 N–H and O–H groups in total. The molecule has 2 aliphatic carbocycles. The van der Waals surface area contributed by atoms with Gasteiger partial charge in [0.25, 0.3) is 15.9 Å². The lowest BCUT2D eigenvalue weighted by Crippen LogP contribution is -2.44. The number of rotatable bonds is 13. The summed E-state index contributed by atoms with van der Waals surface area (Å²) in [5, 5.41) is 14.4. The SMILES string of the molecule is CCc1cccc(NS(=O)(=O)c2ccc(NC(=O)N(Cc3ccc(C(=O)NCCC(=O)O)cc3)C3CCC(C4CCCCC4)CC3)cc2)c1. The van der Waals surface area contributed by atoms with Crippen molar-refractivity contribution < 1.29 is 27.9 Å². The maximum Gasteiger partial charge on any atom is 0.322 e. The Labute approximate surface area is 289 Å². The molecule has 0 unspecified atom stereocenters. The van der Waals surface area contributed by atoms with Gasteiger partial charge in [-0.15, -0.1) is 0 Å². The first-order chi connectivity index (χ1) is 23.6. The lowest BCUT2D eigenvalue weighted by atomic mass is 9.72. The number of sulfonamides is 1. The second-order valence-corrected chi connectivity index (χ2v) is 15.0. The topological polar surface area (TPSA) is 145 Å². The normalized spacial score (nSPS) is 18.3. The summed E-state index contributed by atoms with van der Waals surface area (Å²) in [6, 6.07) is 20.3. The van der Waals surface area contributed by atoms with Crippen molar-refractivity contribution in [3.8, 4) is 0 Å². The average Bonchev–Trinajstić information content (AvgIpc) is 3.11. The zero-order valence-electron chi connectivity index (χ0n) is 28.2. The fourth-order valence-electron chi connectivity index (χ4n) is 7.18. The highest BCUT2D eigenvalue weighted by atomic mass is 32.2. The van der Waals surface area contributed by atoms with Crippen LogP contribution in [0.5, 0.6) is 0 Å². The minimum Gasteiger partial charge on any atom is -0.481 e. The Balaban J connectivity index is 1.27. The van der Waals surface area contributed by atoms with Crippen molar-refractivity contribution in [2.24, 2.45) is 11.8 Å². The molecule has 0 radical (unpaired) electrons. The molecule has 0 spiro atoms. The van der Waals surface area contributed by atoms with Gasteiger partial charge < -0.3 is 20.6 Å². The summed E-state index contributed by atoms with van der Waals surface area (Å²) in [6.07, 6.45) is 11.2. The smallest absolute Gasteiger partial charge is 0.322 e. The number of anilines is 2. The van der Waals surface area contributed by atoms with E-state index >= 15 is 0 Å². The maximum absolute atomic E-state index is 13.9. The highest BCUT2D eigenvalue weighted by molar-refractivity contribution is 7.92. The third-order valence-electron chi connectivity index (χ3n) is 9.96. The summed E-state index contributed by atoms with van der Waals surface area (Å²) in [5.74, 6) is 0.158. The molecule has 2 aliphatic rings. The number of nitrogens with one attached hydrogen (secondary N) is 3. The number of benzene rings is 3. The van der Waals surface area contributed by atoms with E-state index in [0.717, 1.165) is 49.1 Å². The summed E-state index contributed by atoms with van der Waals surface area (Å²) >= 11 is 0. The molecular weight excluding hydrogens is 641 g/mol. The van der Waals surface area contributed by atoms with Gasteiger partial charge in [0.1, 0.15) is 0 Å². The Bertz CT molecular complexity index is 1680. The van der Waals surface area contributed by atoms with Gasteiger partial charge in [-0.1, -0.05) is 63.3 Å². The maximum atomic E-state index is 13.9. The predicted octanol–water partition coefficient (Wildman–Crippen LogP) is 7.43. The number of carboxylic acid groups (broad SMARTS) is 1. The molecule has 5 rings (SSSR count). The zero-order valence-corrected chi connectivity index (χ0v) is 29.0. The van der Waals surface area contributed by atoms with E-state index in [0.29, 0.717) is 29.4 Å². The van der Waals surface area contributed by atoms with Crippen LogP contribution in [0.4, 0.5) is 16.2 Å². The summed E-state index contributed by atoms with van der Waals surface area (Å²) in [6.45, 7) is 2.40. The van der Waals surface area contributed by atoms with Gasteiger partial charge in [0, 0.05) is 36.1 Å². The molecule has 3 amide bonds. The molecule has 10 nitrogen and oxygen atoms in total. The second-order valence-electron chi connectivity index (χ2n) is 13.3. The molecular formula is C38H48N4O6S. The van der Waals surface area contributed by atoms with E-state index in [-0.39, 0.29) is 35.8 Å². The van der Waals surface area contributed by atoms with Crippen LogP contribution in [0.3, 0.4) is 0 Å². The molecule has 0 bridgehead atoms. The van der Waals surface area contributed by atoms with Crippen molar-refractivity contribution in [1.82, 2.24) is 10.2 Å². The van der Waals surface area contributed by atoms with E-state index in [1.165, 1.54) is 44.2 Å². The number of carboxylic acids is 1. The fraction of sp³-hybridized carbons (Fsp3) is 0.447. The van der Waals surface area contributed by atoms with Crippen molar-refractivity contribution in [1.29, 1.82) is 0 Å². The summed E-state index contributed by atoms with van der Waals surface area (Å²) in [5.41, 5.74) is 3.30. The predicted molar refractivity (Wildman–Crippen MR) is 191 cm³/mol. The lowest BCUT2D eigenvalue weighted by molar-refractivity contribution is -0.136. The molecule has 3 aromatic carbocycles. The highest BCUT2D eigenvalue weighted by Gasteiger charge is 2.33. The molecule has 0 aliphatic heterocycles. The van der Waals surface area contributed by atoms with E-state index < -0.39 is 16.0 Å². The van der Waals surface area contributed by atoms with Crippen LogP contribution in [0.15, 0.2) is 77.7 Å². The quantitative estimate of drug-likeness (QED) is 0.147. The second kappa shape index (κ2) is 16.8. The average molecular weight is 689 g/mol. The number of nitrogens with zero attached hydrogens (tertiary/aromatic N) is 1. The van der Waals surface area contributed by atoms with Crippen LogP contribution in [0, 0.1) is 11.8 Å². The molecule has 0 heterocycles. The standard InChI is InChI=1S/C38H48N4O6S/c1-2-27-7-6-10-33(25-27)41-49(47,48)35-21-17-32(18-22-35)40-38(46)42(34-19-15-30(16-20-34)29-8-4-3-5-9-29)26-28-11-13-31(14-12-28)37(45)39-24-23-36(43)44/h6-7,10-14,17-18,21-22,25,29-30,34,41H,2-5,8-9,15-16,19-20,23-24,26H2,1H3,(H,39,45)(H,40,46)(H,43,44). The van der Waals surface area contributed by atoms with Crippen LogP contribution in [0.2, 0.25) is 0 Å². The van der Waals surface area contributed by atoms with Gasteiger partial charge in [-0.25, -0.2) is 13.2 Å². The number of carbonyl (C=O) groups is 3. The Morgan fingerprint density at radius 1 is 0.796 bits per heavy atom. The molecule has 0 aromatic heterocycles. The minimum atomic E-state index is -3.82. The van der Waals surface area contributed by atoms with Gasteiger partial charge in [0.05, 0.1) is 11.3 Å². The number of urea groups is 1. The Hall–Kier alpha value is -4.38. The summed E-state index contributed by atoms with van der Waals surface area (Å²) in [4.78, 5) is 39.1. The molecule has 11 heteroatoms. The van der Waals surface area contributed by atoms with Crippen LogP contribution in [0.1, 0.15) is 92.6 Å². The van der Waals surface area contributed by atoms with Crippen LogP contribution in [-0.2, 0) is 27.8 Å². The summed E-state index contributed by atoms with van der Waals surface area (Å²) < 4.78 is 28.8. The molecule has 0 saturated heterocycles. The van der Waals surface area contributed by atoms with Crippen LogP contribution < -0.4 is 15.4 Å². The third-order valence-corrected chi connectivity index (χ3v) is 11.4. The van der Waals surface area contributed by atoms with Crippen molar-refractivity contribution in [2.45, 2.75) is 95.0 Å². The highest BCUT2D eigenvalue weighted by Crippen LogP contribution is 2.39. The Morgan fingerprint density at radius 2 is 1.47 bits per heavy atom. The van der Waals surface area contributed by atoms with E-state index in [4.69, 9.17) is 5.11 Å². The van der Waals surface area contributed by atoms with Gasteiger partial charge in [0.2, 0.25) is 0 Å². The Kier molecular flexibility index (Phi) is 12.3. The number of carbonyl (C=O) groups excluding carboxylic acids is 2. The van der Waals surface area contributed by atoms with Gasteiger partial charge in [-0.05, 0) is 104 Å². The van der Waals surface area contributed by atoms with Crippen LogP contribution in [-0.4, -0.2) is 48.9 Å². The largest absolute Gasteiger partial charge is 0.481 e. The molecule has 3 aromatic rings. The summed E-state index contributed by atoms with van der Waals surface area (Å²) in [7, 11) is -3.82. The van der Waals surface area contributed by atoms with E-state index in [1.807, 2.05) is 42.2 Å². The number of hydrogen-bond donors (Lipinski definition) is 4. The van der Waals surface area contributed by atoms with Gasteiger partial charge in [-0.2, -0.15) is 0 Å². The van der Waals surface area contributed by atoms with E-state index in [2.05, 4.69) is 15.4 Å². The fourth-order valence-corrected chi connectivity index (χ4v) is 8.23. The van der Waals surface area contributed by atoms with Crippen molar-refractivity contribution in [2.75, 3.05) is 16.6 Å². The van der Waals surface area contributed by atoms with Gasteiger partial charge in [-0.3, -0.25) is 14.3 Å². The number of amides is 3. The zero-order chi connectivity index (χ0) is 34.8. The molecule has 2 fully saturated rings. The van der Waals surface area contributed by atoms with Crippen molar-refractivity contribution in [3.05, 3.63) is 89.5 Å². The minimum absolute atomic E-state index is 0.0431. The number of aliphatic carboxylic acids is 1. The van der Waals surface area contributed by atoms with Crippen molar-refractivity contribution in [3.63, 3.8) is 0 Å². The molecule has 0 atom stereocenters. The van der Waals surface area contributed by atoms with Gasteiger partial charge >= 0.3 is 12.0 Å². The van der Waals surface area contributed by atoms with Crippen LogP contribution in [0.25, 0.3) is 0 Å². The monoisotopic (exact) mass is 688 g/mol. The number of aryl methyl sites for hydroxylation is 1. The van der Waals surface area contributed by atoms with Crippen LogP contribution >= 0.6 is 0 Å². The first-order valence-electron chi connectivity index (χ1n) is 17.5. The van der Waals surface area contributed by atoms with Crippen molar-refractivity contribution >= 4 is 39.3 Å².